The monoisotopic (exact) mass is 220 g/mol. The lowest BCUT2D eigenvalue weighted by atomic mass is 9.92. The molecule has 0 atom stereocenters. The summed E-state index contributed by atoms with van der Waals surface area (Å²) in [5.41, 5.74) is 8.28. The molecule has 0 aliphatic heterocycles. The average molecular weight is 220 g/mol. The molecule has 0 saturated carbocycles. The molecule has 90 valence electrons. The zero-order chi connectivity index (χ0) is 12.0. The van der Waals surface area contributed by atoms with E-state index in [-0.39, 0.29) is 5.54 Å². The van der Waals surface area contributed by atoms with E-state index in [1.807, 2.05) is 0 Å². The van der Waals surface area contributed by atoms with Crippen LogP contribution in [0.15, 0.2) is 24.3 Å². The summed E-state index contributed by atoms with van der Waals surface area (Å²) in [4.78, 5) is 0. The standard InChI is InChI=1S/C14H24N2/c1-4-12-7-5-8-13(11-12)14(2,3)16-10-6-9-15/h5,7-8,11,16H,4,6,9-10,15H2,1-3H3. The number of benzene rings is 1. The predicted octanol–water partition coefficient (Wildman–Crippen LogP) is 2.42. The van der Waals surface area contributed by atoms with Crippen molar-refractivity contribution in [2.24, 2.45) is 5.73 Å². The summed E-state index contributed by atoms with van der Waals surface area (Å²) >= 11 is 0. The van der Waals surface area contributed by atoms with Crippen molar-refractivity contribution in [3.05, 3.63) is 35.4 Å². The molecule has 2 nitrogen and oxygen atoms in total. The minimum atomic E-state index is 0.0281. The molecule has 0 bridgehead atoms. The zero-order valence-corrected chi connectivity index (χ0v) is 10.7. The van der Waals surface area contributed by atoms with Crippen LogP contribution in [-0.4, -0.2) is 13.1 Å². The summed E-state index contributed by atoms with van der Waals surface area (Å²) in [7, 11) is 0. The number of hydrogen-bond donors (Lipinski definition) is 2. The summed E-state index contributed by atoms with van der Waals surface area (Å²) in [6.45, 7) is 8.35. The van der Waals surface area contributed by atoms with E-state index in [1.54, 1.807) is 0 Å². The average Bonchev–Trinajstić information content (AvgIpc) is 2.29. The lowest BCUT2D eigenvalue weighted by Gasteiger charge is -2.27. The first-order valence-electron chi connectivity index (χ1n) is 6.14. The quantitative estimate of drug-likeness (QED) is 0.723. The zero-order valence-electron chi connectivity index (χ0n) is 10.7. The molecule has 0 aliphatic carbocycles. The Kier molecular flexibility index (Phi) is 4.97. The fourth-order valence-corrected chi connectivity index (χ4v) is 1.79. The van der Waals surface area contributed by atoms with Gasteiger partial charge in [0.25, 0.3) is 0 Å². The molecule has 0 amide bonds. The molecular formula is C14H24N2. The van der Waals surface area contributed by atoms with E-state index in [2.05, 4.69) is 50.4 Å². The Morgan fingerprint density at radius 1 is 1.31 bits per heavy atom. The van der Waals surface area contributed by atoms with Gasteiger partial charge in [0, 0.05) is 5.54 Å². The van der Waals surface area contributed by atoms with Crippen LogP contribution in [0.25, 0.3) is 0 Å². The van der Waals surface area contributed by atoms with Gasteiger partial charge in [-0.15, -0.1) is 0 Å². The Morgan fingerprint density at radius 3 is 2.69 bits per heavy atom. The maximum absolute atomic E-state index is 5.50. The molecular weight excluding hydrogens is 196 g/mol. The van der Waals surface area contributed by atoms with E-state index in [1.165, 1.54) is 11.1 Å². The van der Waals surface area contributed by atoms with Gasteiger partial charge in [-0.05, 0) is 50.9 Å². The Morgan fingerprint density at radius 2 is 2.06 bits per heavy atom. The Balaban J connectivity index is 2.72. The molecule has 0 aromatic heterocycles. The van der Waals surface area contributed by atoms with Crippen molar-refractivity contribution in [2.45, 2.75) is 39.2 Å². The first-order chi connectivity index (χ1) is 7.60. The van der Waals surface area contributed by atoms with E-state index >= 15 is 0 Å². The van der Waals surface area contributed by atoms with Gasteiger partial charge in [-0.1, -0.05) is 31.2 Å². The van der Waals surface area contributed by atoms with Crippen LogP contribution >= 0.6 is 0 Å². The first kappa shape index (κ1) is 13.2. The summed E-state index contributed by atoms with van der Waals surface area (Å²) in [5, 5.41) is 3.55. The van der Waals surface area contributed by atoms with Gasteiger partial charge in [-0.25, -0.2) is 0 Å². The van der Waals surface area contributed by atoms with E-state index in [0.717, 1.165) is 25.9 Å². The SMILES string of the molecule is CCc1cccc(C(C)(C)NCCCN)c1. The molecule has 0 saturated heterocycles. The third kappa shape index (κ3) is 3.62. The molecule has 1 aromatic rings. The van der Waals surface area contributed by atoms with E-state index in [9.17, 15) is 0 Å². The van der Waals surface area contributed by atoms with Gasteiger partial charge in [0.15, 0.2) is 0 Å². The molecule has 1 rings (SSSR count). The van der Waals surface area contributed by atoms with Crippen LogP contribution in [0.4, 0.5) is 0 Å². The van der Waals surface area contributed by atoms with Crippen LogP contribution in [0.1, 0.15) is 38.3 Å². The summed E-state index contributed by atoms with van der Waals surface area (Å²) < 4.78 is 0. The molecule has 0 spiro atoms. The molecule has 0 unspecified atom stereocenters. The van der Waals surface area contributed by atoms with Crippen molar-refractivity contribution in [1.82, 2.24) is 5.32 Å². The fourth-order valence-electron chi connectivity index (χ4n) is 1.79. The van der Waals surface area contributed by atoms with Crippen molar-refractivity contribution in [3.63, 3.8) is 0 Å². The van der Waals surface area contributed by atoms with Gasteiger partial charge < -0.3 is 11.1 Å². The molecule has 0 aliphatic rings. The number of aryl methyl sites for hydroxylation is 1. The van der Waals surface area contributed by atoms with Crippen molar-refractivity contribution >= 4 is 0 Å². The smallest absolute Gasteiger partial charge is 0.0377 e. The van der Waals surface area contributed by atoms with Crippen LogP contribution in [-0.2, 0) is 12.0 Å². The van der Waals surface area contributed by atoms with Crippen LogP contribution < -0.4 is 11.1 Å². The lowest BCUT2D eigenvalue weighted by molar-refractivity contribution is 0.401. The number of hydrogen-bond acceptors (Lipinski definition) is 2. The third-order valence-corrected chi connectivity index (χ3v) is 3.00. The minimum Gasteiger partial charge on any atom is -0.330 e. The van der Waals surface area contributed by atoms with Crippen LogP contribution in [0.5, 0.6) is 0 Å². The van der Waals surface area contributed by atoms with Crippen molar-refractivity contribution in [2.75, 3.05) is 13.1 Å². The highest BCUT2D eigenvalue weighted by Gasteiger charge is 2.18. The van der Waals surface area contributed by atoms with Gasteiger partial charge in [0.2, 0.25) is 0 Å². The minimum absolute atomic E-state index is 0.0281. The predicted molar refractivity (Wildman–Crippen MR) is 70.5 cm³/mol. The van der Waals surface area contributed by atoms with Crippen LogP contribution in [0, 0.1) is 0 Å². The summed E-state index contributed by atoms with van der Waals surface area (Å²) in [5.74, 6) is 0. The second-order valence-electron chi connectivity index (χ2n) is 4.75. The Bertz CT molecular complexity index is 318. The fraction of sp³-hybridized carbons (Fsp3) is 0.571. The molecule has 0 radical (unpaired) electrons. The topological polar surface area (TPSA) is 38.0 Å². The van der Waals surface area contributed by atoms with Gasteiger partial charge in [0.05, 0.1) is 0 Å². The van der Waals surface area contributed by atoms with Crippen molar-refractivity contribution < 1.29 is 0 Å². The number of nitrogens with two attached hydrogens (primary N) is 1. The second-order valence-corrected chi connectivity index (χ2v) is 4.75. The Labute approximate surface area is 99.2 Å². The maximum Gasteiger partial charge on any atom is 0.0377 e. The maximum atomic E-state index is 5.50. The van der Waals surface area contributed by atoms with Crippen molar-refractivity contribution in [3.8, 4) is 0 Å². The Hall–Kier alpha value is -0.860. The second kappa shape index (κ2) is 6.02. The molecule has 0 heterocycles. The third-order valence-electron chi connectivity index (χ3n) is 3.00. The molecule has 2 heteroatoms. The molecule has 3 N–H and O–H groups in total. The highest BCUT2D eigenvalue weighted by atomic mass is 14.9. The van der Waals surface area contributed by atoms with Crippen LogP contribution in [0.2, 0.25) is 0 Å². The van der Waals surface area contributed by atoms with E-state index < -0.39 is 0 Å². The van der Waals surface area contributed by atoms with E-state index in [0.29, 0.717) is 0 Å². The first-order valence-corrected chi connectivity index (χ1v) is 6.14. The van der Waals surface area contributed by atoms with Gasteiger partial charge in [-0.3, -0.25) is 0 Å². The number of rotatable bonds is 6. The normalized spacial score (nSPS) is 11.8. The molecule has 1 aromatic carbocycles. The van der Waals surface area contributed by atoms with Crippen molar-refractivity contribution in [1.29, 1.82) is 0 Å². The van der Waals surface area contributed by atoms with Gasteiger partial charge >= 0.3 is 0 Å². The van der Waals surface area contributed by atoms with Gasteiger partial charge in [-0.2, -0.15) is 0 Å². The lowest BCUT2D eigenvalue weighted by Crippen LogP contribution is -2.37. The molecule has 0 fully saturated rings. The summed E-state index contributed by atoms with van der Waals surface area (Å²) in [6.07, 6.45) is 2.11. The highest BCUT2D eigenvalue weighted by molar-refractivity contribution is 5.28. The largest absolute Gasteiger partial charge is 0.330 e. The number of nitrogens with one attached hydrogen (secondary N) is 1. The van der Waals surface area contributed by atoms with Gasteiger partial charge in [0.1, 0.15) is 0 Å². The van der Waals surface area contributed by atoms with Crippen LogP contribution in [0.3, 0.4) is 0 Å². The van der Waals surface area contributed by atoms with E-state index in [4.69, 9.17) is 5.73 Å². The highest BCUT2D eigenvalue weighted by Crippen LogP contribution is 2.21. The summed E-state index contributed by atoms with van der Waals surface area (Å²) in [6, 6.07) is 8.80. The molecule has 16 heavy (non-hydrogen) atoms.